The third kappa shape index (κ3) is 3.95. The van der Waals surface area contributed by atoms with Gasteiger partial charge in [-0.3, -0.25) is 25.0 Å². The fraction of sp³-hybridized carbons (Fsp3) is 0.316. The molecule has 0 aliphatic rings. The fourth-order valence-electron chi connectivity index (χ4n) is 3.17. The van der Waals surface area contributed by atoms with Crippen molar-refractivity contribution in [3.8, 4) is 0 Å². The van der Waals surface area contributed by atoms with E-state index in [9.17, 15) is 25.0 Å². The Morgan fingerprint density at radius 2 is 1.59 bits per heavy atom. The van der Waals surface area contributed by atoms with Gasteiger partial charge in [-0.05, 0) is 37.4 Å². The average Bonchev–Trinajstić information content (AvgIpc) is 3.03. The van der Waals surface area contributed by atoms with Crippen LogP contribution in [0.3, 0.4) is 0 Å². The molecule has 0 N–H and O–H groups in total. The van der Waals surface area contributed by atoms with E-state index in [2.05, 4.69) is 0 Å². The number of carbonyl (C=O) groups is 1. The number of nitro groups is 2. The summed E-state index contributed by atoms with van der Waals surface area (Å²) in [6.07, 6.45) is 2.90. The Hall–Kier alpha value is -2.87. The van der Waals surface area contributed by atoms with Gasteiger partial charge < -0.3 is 0 Å². The van der Waals surface area contributed by atoms with Crippen LogP contribution in [0.25, 0.3) is 6.08 Å². The maximum atomic E-state index is 12.8. The molecule has 7 nitrogen and oxygen atoms in total. The molecule has 0 aliphatic heterocycles. The number of allylic oxidation sites excluding steroid dienone is 1. The first-order valence-electron chi connectivity index (χ1n) is 8.19. The molecule has 2 aromatic rings. The molecule has 1 heterocycles. The lowest BCUT2D eigenvalue weighted by atomic mass is 9.79. The molecule has 0 amide bonds. The third-order valence-corrected chi connectivity index (χ3v) is 5.08. The maximum absolute atomic E-state index is 12.8. The molecule has 0 atom stereocenters. The lowest BCUT2D eigenvalue weighted by Gasteiger charge is -2.22. The van der Waals surface area contributed by atoms with Crippen molar-refractivity contribution in [3.05, 3.63) is 70.9 Å². The summed E-state index contributed by atoms with van der Waals surface area (Å²) in [7, 11) is 0. The molecule has 142 valence electrons. The SMILES string of the molecule is Cc1c(C(=O)/C=C/c2cccs2)c(C)c([N+](=O)[O-])c(C(C)(C)C)c1[N+](=O)[O-]. The van der Waals surface area contributed by atoms with Gasteiger partial charge in [-0.15, -0.1) is 11.3 Å². The normalized spacial score (nSPS) is 11.7. The number of nitro benzene ring substituents is 2. The van der Waals surface area contributed by atoms with Crippen LogP contribution in [0, 0.1) is 34.1 Å². The summed E-state index contributed by atoms with van der Waals surface area (Å²) in [6.45, 7) is 7.98. The molecule has 27 heavy (non-hydrogen) atoms. The summed E-state index contributed by atoms with van der Waals surface area (Å²) in [5.41, 5.74) is -1.24. The van der Waals surface area contributed by atoms with E-state index in [1.54, 1.807) is 26.8 Å². The van der Waals surface area contributed by atoms with E-state index in [0.717, 1.165) is 4.88 Å². The van der Waals surface area contributed by atoms with Crippen molar-refractivity contribution < 1.29 is 14.6 Å². The summed E-state index contributed by atoms with van der Waals surface area (Å²) < 4.78 is 0. The molecule has 0 bridgehead atoms. The van der Waals surface area contributed by atoms with E-state index in [4.69, 9.17) is 0 Å². The summed E-state index contributed by atoms with van der Waals surface area (Å²) in [4.78, 5) is 35.8. The summed E-state index contributed by atoms with van der Waals surface area (Å²) in [5, 5.41) is 25.4. The Labute approximate surface area is 160 Å². The zero-order valence-corrected chi connectivity index (χ0v) is 16.5. The smallest absolute Gasteiger partial charge is 0.283 e. The first-order chi connectivity index (χ1) is 12.5. The lowest BCUT2D eigenvalue weighted by Crippen LogP contribution is -2.20. The molecule has 0 fully saturated rings. The van der Waals surface area contributed by atoms with E-state index in [0.29, 0.717) is 0 Å². The van der Waals surface area contributed by atoms with Gasteiger partial charge in [0.25, 0.3) is 11.4 Å². The van der Waals surface area contributed by atoms with E-state index < -0.39 is 21.0 Å². The Morgan fingerprint density at radius 3 is 1.96 bits per heavy atom. The molecule has 0 radical (unpaired) electrons. The Bertz CT molecular complexity index is 912. The highest BCUT2D eigenvalue weighted by Crippen LogP contribution is 2.44. The second-order valence-electron chi connectivity index (χ2n) is 7.17. The minimum atomic E-state index is -0.839. The summed E-state index contributed by atoms with van der Waals surface area (Å²) >= 11 is 1.43. The van der Waals surface area contributed by atoms with Crippen molar-refractivity contribution >= 4 is 34.6 Å². The Balaban J connectivity index is 2.81. The first-order valence-corrected chi connectivity index (χ1v) is 9.07. The molecule has 1 aromatic heterocycles. The van der Waals surface area contributed by atoms with Crippen LogP contribution in [-0.2, 0) is 5.41 Å². The van der Waals surface area contributed by atoms with Crippen molar-refractivity contribution in [1.82, 2.24) is 0 Å². The molecular formula is C19H20N2O5S. The largest absolute Gasteiger partial charge is 0.289 e. The quantitative estimate of drug-likeness (QED) is 0.296. The fourth-order valence-corrected chi connectivity index (χ4v) is 3.79. The van der Waals surface area contributed by atoms with Gasteiger partial charge in [0.05, 0.1) is 9.85 Å². The van der Waals surface area contributed by atoms with Gasteiger partial charge >= 0.3 is 0 Å². The first kappa shape index (κ1) is 20.4. The maximum Gasteiger partial charge on any atom is 0.283 e. The molecule has 1 aromatic carbocycles. The zero-order valence-electron chi connectivity index (χ0n) is 15.7. The van der Waals surface area contributed by atoms with Gasteiger partial charge in [0.1, 0.15) is 5.56 Å². The molecule has 0 saturated carbocycles. The van der Waals surface area contributed by atoms with Gasteiger partial charge in [0, 0.05) is 27.0 Å². The van der Waals surface area contributed by atoms with Gasteiger partial charge in [-0.1, -0.05) is 26.8 Å². The van der Waals surface area contributed by atoms with Crippen LogP contribution in [-0.4, -0.2) is 15.6 Å². The van der Waals surface area contributed by atoms with Crippen LogP contribution in [0.5, 0.6) is 0 Å². The standard InChI is InChI=1S/C19H20N2O5S/c1-11-15(14(22)9-8-13-7-6-10-27-13)12(2)18(21(25)26)16(19(3,4)5)17(11)20(23)24/h6-10H,1-5H3/b9-8+. The highest BCUT2D eigenvalue weighted by molar-refractivity contribution is 7.10. The number of rotatable bonds is 5. The minimum absolute atomic E-state index is 0.00852. The number of benzene rings is 1. The molecular weight excluding hydrogens is 368 g/mol. The van der Waals surface area contributed by atoms with E-state index in [1.165, 1.54) is 31.3 Å². The predicted octanol–water partition coefficient (Wildman–Crippen LogP) is 5.37. The number of ketones is 1. The Kier molecular flexibility index (Phi) is 5.60. The lowest BCUT2D eigenvalue weighted by molar-refractivity contribution is -0.397. The van der Waals surface area contributed by atoms with Crippen molar-refractivity contribution in [2.75, 3.05) is 0 Å². The molecule has 0 saturated heterocycles. The molecule has 0 aliphatic carbocycles. The van der Waals surface area contributed by atoms with Crippen LogP contribution in [0.4, 0.5) is 11.4 Å². The van der Waals surface area contributed by atoms with Crippen LogP contribution >= 0.6 is 11.3 Å². The van der Waals surface area contributed by atoms with Crippen LogP contribution < -0.4 is 0 Å². The second kappa shape index (κ2) is 7.40. The summed E-state index contributed by atoms with van der Waals surface area (Å²) in [6, 6.07) is 3.65. The van der Waals surface area contributed by atoms with E-state index >= 15 is 0 Å². The number of nitrogens with zero attached hydrogens (tertiary/aromatic N) is 2. The van der Waals surface area contributed by atoms with Crippen molar-refractivity contribution in [1.29, 1.82) is 0 Å². The Morgan fingerprint density at radius 1 is 1.07 bits per heavy atom. The predicted molar refractivity (Wildman–Crippen MR) is 106 cm³/mol. The average molecular weight is 388 g/mol. The second-order valence-corrected chi connectivity index (χ2v) is 8.15. The van der Waals surface area contributed by atoms with E-state index in [-0.39, 0.29) is 33.6 Å². The highest BCUT2D eigenvalue weighted by Gasteiger charge is 2.40. The number of carbonyl (C=O) groups excluding carboxylic acids is 1. The molecule has 0 spiro atoms. The third-order valence-electron chi connectivity index (χ3n) is 4.24. The summed E-state index contributed by atoms with van der Waals surface area (Å²) in [5.74, 6) is -0.495. The van der Waals surface area contributed by atoms with Crippen molar-refractivity contribution in [2.45, 2.75) is 40.0 Å². The highest BCUT2D eigenvalue weighted by atomic mass is 32.1. The zero-order chi connectivity index (χ0) is 20.5. The molecule has 0 unspecified atom stereocenters. The minimum Gasteiger partial charge on any atom is -0.289 e. The molecule has 8 heteroatoms. The number of thiophene rings is 1. The number of hydrogen-bond acceptors (Lipinski definition) is 6. The van der Waals surface area contributed by atoms with Crippen molar-refractivity contribution in [2.24, 2.45) is 0 Å². The van der Waals surface area contributed by atoms with Crippen LogP contribution in [0.15, 0.2) is 23.6 Å². The van der Waals surface area contributed by atoms with Gasteiger partial charge in [0.2, 0.25) is 0 Å². The molecule has 2 rings (SSSR count). The topological polar surface area (TPSA) is 103 Å². The van der Waals surface area contributed by atoms with Crippen LogP contribution in [0.1, 0.15) is 52.7 Å². The van der Waals surface area contributed by atoms with Gasteiger partial charge in [-0.25, -0.2) is 0 Å². The van der Waals surface area contributed by atoms with Crippen LogP contribution in [0.2, 0.25) is 0 Å². The van der Waals surface area contributed by atoms with E-state index in [1.807, 2.05) is 17.5 Å². The monoisotopic (exact) mass is 388 g/mol. The number of hydrogen-bond donors (Lipinski definition) is 0. The van der Waals surface area contributed by atoms with Gasteiger partial charge in [0.15, 0.2) is 5.78 Å². The van der Waals surface area contributed by atoms with Gasteiger partial charge in [-0.2, -0.15) is 0 Å². The van der Waals surface area contributed by atoms with Crippen molar-refractivity contribution in [3.63, 3.8) is 0 Å².